The maximum Gasteiger partial charge on any atom is 0.0278 e. The molecule has 1 fully saturated rings. The molecule has 1 atom stereocenters. The molecule has 0 aromatic rings. The van der Waals surface area contributed by atoms with Crippen molar-refractivity contribution in [3.63, 3.8) is 0 Å². The van der Waals surface area contributed by atoms with Crippen molar-refractivity contribution in [1.82, 2.24) is 10.2 Å². The van der Waals surface area contributed by atoms with E-state index in [4.69, 9.17) is 0 Å². The van der Waals surface area contributed by atoms with Gasteiger partial charge in [-0.05, 0) is 33.1 Å². The van der Waals surface area contributed by atoms with Gasteiger partial charge in [0.1, 0.15) is 0 Å². The molecule has 0 spiro atoms. The fourth-order valence-electron chi connectivity index (χ4n) is 2.64. The van der Waals surface area contributed by atoms with Gasteiger partial charge in [0.05, 0.1) is 0 Å². The van der Waals surface area contributed by atoms with Crippen LogP contribution in [0.3, 0.4) is 0 Å². The van der Waals surface area contributed by atoms with E-state index < -0.39 is 0 Å². The maximum atomic E-state index is 3.73. The molecule has 1 unspecified atom stereocenters. The van der Waals surface area contributed by atoms with E-state index >= 15 is 0 Å². The molecule has 1 aliphatic heterocycles. The zero-order valence-electron chi connectivity index (χ0n) is 12.8. The van der Waals surface area contributed by atoms with Gasteiger partial charge in [-0.2, -0.15) is 0 Å². The molecule has 0 aromatic heterocycles. The van der Waals surface area contributed by atoms with E-state index in [1.165, 1.54) is 32.4 Å². The third kappa shape index (κ3) is 3.69. The Kier molecular flexibility index (Phi) is 5.03. The lowest BCUT2D eigenvalue weighted by molar-refractivity contribution is 0.0180. The van der Waals surface area contributed by atoms with Crippen molar-refractivity contribution in [3.8, 4) is 0 Å². The number of piperazine rings is 1. The minimum atomic E-state index is 0.303. The zero-order valence-corrected chi connectivity index (χ0v) is 12.8. The van der Waals surface area contributed by atoms with Gasteiger partial charge in [0, 0.05) is 30.7 Å². The van der Waals surface area contributed by atoms with Crippen LogP contribution in [0.5, 0.6) is 0 Å². The molecule has 1 heterocycles. The van der Waals surface area contributed by atoms with Gasteiger partial charge >= 0.3 is 0 Å². The Morgan fingerprint density at radius 2 is 1.71 bits per heavy atom. The van der Waals surface area contributed by atoms with Crippen molar-refractivity contribution in [2.24, 2.45) is 5.92 Å². The van der Waals surface area contributed by atoms with Gasteiger partial charge in [0.25, 0.3) is 0 Å². The highest BCUT2D eigenvalue weighted by molar-refractivity contribution is 4.99. The molecule has 1 N–H and O–H groups in total. The molecule has 0 aliphatic carbocycles. The summed E-state index contributed by atoms with van der Waals surface area (Å²) in [5.41, 5.74) is 0.610. The van der Waals surface area contributed by atoms with Crippen LogP contribution in [0.4, 0.5) is 0 Å². The van der Waals surface area contributed by atoms with Gasteiger partial charge < -0.3 is 5.32 Å². The van der Waals surface area contributed by atoms with Crippen LogP contribution in [0.1, 0.15) is 60.8 Å². The van der Waals surface area contributed by atoms with Gasteiger partial charge in [0.2, 0.25) is 0 Å². The Balaban J connectivity index is 2.70. The second-order valence-electron chi connectivity index (χ2n) is 6.64. The van der Waals surface area contributed by atoms with Crippen LogP contribution in [-0.4, -0.2) is 35.6 Å². The summed E-state index contributed by atoms with van der Waals surface area (Å²) >= 11 is 0. The number of hydrogen-bond donors (Lipinski definition) is 1. The van der Waals surface area contributed by atoms with Gasteiger partial charge in [-0.3, -0.25) is 4.90 Å². The van der Waals surface area contributed by atoms with Crippen molar-refractivity contribution in [1.29, 1.82) is 0 Å². The van der Waals surface area contributed by atoms with Gasteiger partial charge in [0.15, 0.2) is 0 Å². The summed E-state index contributed by atoms with van der Waals surface area (Å²) < 4.78 is 0. The fraction of sp³-hybridized carbons (Fsp3) is 1.00. The van der Waals surface area contributed by atoms with E-state index in [0.717, 1.165) is 12.5 Å². The molecular formula is C15H32N2. The number of rotatable bonds is 5. The van der Waals surface area contributed by atoms with Gasteiger partial charge in [-0.1, -0.05) is 33.6 Å². The highest BCUT2D eigenvalue weighted by atomic mass is 15.3. The molecule has 1 aliphatic rings. The van der Waals surface area contributed by atoms with Crippen LogP contribution in [0, 0.1) is 5.92 Å². The summed E-state index contributed by atoms with van der Waals surface area (Å²) in [4.78, 5) is 2.71. The van der Waals surface area contributed by atoms with E-state index in [-0.39, 0.29) is 0 Å². The second-order valence-corrected chi connectivity index (χ2v) is 6.64. The van der Waals surface area contributed by atoms with Crippen molar-refractivity contribution < 1.29 is 0 Å². The first kappa shape index (κ1) is 15.0. The standard InChI is InChI=1S/C15H32N2/c1-7-13(8-2)10-17-12-15(6,9-3)16-11-14(17,4)5/h13,16H,7-12H2,1-6H3. The smallest absolute Gasteiger partial charge is 0.0278 e. The summed E-state index contributed by atoms with van der Waals surface area (Å²) in [6.45, 7) is 17.6. The van der Waals surface area contributed by atoms with Crippen LogP contribution in [0.25, 0.3) is 0 Å². The van der Waals surface area contributed by atoms with Crippen molar-refractivity contribution in [2.45, 2.75) is 71.9 Å². The van der Waals surface area contributed by atoms with Crippen LogP contribution in [-0.2, 0) is 0 Å². The highest BCUT2D eigenvalue weighted by Gasteiger charge is 2.39. The monoisotopic (exact) mass is 240 g/mol. The lowest BCUT2D eigenvalue weighted by Crippen LogP contribution is -2.67. The molecule has 17 heavy (non-hydrogen) atoms. The SMILES string of the molecule is CCC(CC)CN1CC(C)(CC)NCC1(C)C. The van der Waals surface area contributed by atoms with Crippen LogP contribution < -0.4 is 5.32 Å². The van der Waals surface area contributed by atoms with Gasteiger partial charge in [-0.15, -0.1) is 0 Å². The van der Waals surface area contributed by atoms with E-state index in [1.54, 1.807) is 0 Å². The van der Waals surface area contributed by atoms with Crippen molar-refractivity contribution in [3.05, 3.63) is 0 Å². The lowest BCUT2D eigenvalue weighted by Gasteiger charge is -2.51. The Labute approximate surface area is 108 Å². The summed E-state index contributed by atoms with van der Waals surface area (Å²) in [6.07, 6.45) is 3.82. The molecule has 1 rings (SSSR count). The normalized spacial score (nSPS) is 29.8. The third-order valence-corrected chi connectivity index (χ3v) is 4.76. The Morgan fingerprint density at radius 1 is 1.12 bits per heavy atom. The Bertz CT molecular complexity index is 233. The molecule has 1 saturated heterocycles. The third-order valence-electron chi connectivity index (χ3n) is 4.76. The first-order valence-corrected chi connectivity index (χ1v) is 7.37. The van der Waals surface area contributed by atoms with E-state index in [2.05, 4.69) is 51.8 Å². The summed E-state index contributed by atoms with van der Waals surface area (Å²) in [6, 6.07) is 0. The van der Waals surface area contributed by atoms with Crippen LogP contribution in [0.15, 0.2) is 0 Å². The number of nitrogens with zero attached hydrogens (tertiary/aromatic N) is 1. The minimum absolute atomic E-state index is 0.303. The Morgan fingerprint density at radius 3 is 2.18 bits per heavy atom. The molecule has 2 nitrogen and oxygen atoms in total. The molecule has 0 saturated carbocycles. The molecule has 0 bridgehead atoms. The molecule has 2 heteroatoms. The summed E-state index contributed by atoms with van der Waals surface area (Å²) in [5, 5.41) is 3.73. The lowest BCUT2D eigenvalue weighted by atomic mass is 9.87. The Hall–Kier alpha value is -0.0800. The largest absolute Gasteiger partial charge is 0.308 e. The summed E-state index contributed by atoms with van der Waals surface area (Å²) in [7, 11) is 0. The average molecular weight is 240 g/mol. The maximum absolute atomic E-state index is 3.73. The van der Waals surface area contributed by atoms with E-state index in [0.29, 0.717) is 11.1 Å². The van der Waals surface area contributed by atoms with E-state index in [1.807, 2.05) is 0 Å². The second kappa shape index (κ2) is 5.71. The van der Waals surface area contributed by atoms with Crippen molar-refractivity contribution >= 4 is 0 Å². The molecule has 0 aromatic carbocycles. The zero-order chi connectivity index (χ0) is 13.1. The first-order valence-electron chi connectivity index (χ1n) is 7.37. The van der Waals surface area contributed by atoms with Crippen molar-refractivity contribution in [2.75, 3.05) is 19.6 Å². The number of nitrogens with one attached hydrogen (secondary N) is 1. The van der Waals surface area contributed by atoms with Crippen LogP contribution in [0.2, 0.25) is 0 Å². The predicted octanol–water partition coefficient (Wildman–Crippen LogP) is 3.28. The van der Waals surface area contributed by atoms with Gasteiger partial charge in [-0.25, -0.2) is 0 Å². The average Bonchev–Trinajstić information content (AvgIpc) is 2.31. The first-order chi connectivity index (χ1) is 7.87. The topological polar surface area (TPSA) is 15.3 Å². The minimum Gasteiger partial charge on any atom is -0.308 e. The molecular weight excluding hydrogens is 208 g/mol. The molecule has 0 amide bonds. The summed E-state index contributed by atoms with van der Waals surface area (Å²) in [5.74, 6) is 0.855. The highest BCUT2D eigenvalue weighted by Crippen LogP contribution is 2.27. The predicted molar refractivity (Wildman–Crippen MR) is 76.4 cm³/mol. The number of hydrogen-bond acceptors (Lipinski definition) is 2. The molecule has 102 valence electrons. The quantitative estimate of drug-likeness (QED) is 0.793. The van der Waals surface area contributed by atoms with E-state index in [9.17, 15) is 0 Å². The fourth-order valence-corrected chi connectivity index (χ4v) is 2.64. The van der Waals surface area contributed by atoms with Crippen LogP contribution >= 0.6 is 0 Å². The molecule has 0 radical (unpaired) electrons.